The van der Waals surface area contributed by atoms with Gasteiger partial charge in [0, 0.05) is 20.2 Å². The molecule has 1 N–H and O–H groups in total. The van der Waals surface area contributed by atoms with E-state index in [2.05, 4.69) is 49.4 Å². The lowest BCUT2D eigenvalue weighted by Gasteiger charge is -2.10. The normalized spacial score (nSPS) is 12.7. The summed E-state index contributed by atoms with van der Waals surface area (Å²) in [6.45, 7) is 2.26. The Morgan fingerprint density at radius 2 is 1.29 bits per heavy atom. The summed E-state index contributed by atoms with van der Waals surface area (Å²) < 4.78 is 2.84. The zero-order valence-electron chi connectivity index (χ0n) is 19.6. The quantitative estimate of drug-likeness (QED) is 0.221. The highest BCUT2D eigenvalue weighted by Crippen LogP contribution is 2.36. The molecule has 0 aliphatic heterocycles. The van der Waals surface area contributed by atoms with Crippen LogP contribution in [0.3, 0.4) is 0 Å². The molecule has 0 fully saturated rings. The minimum Gasteiger partial charge on any atom is -0.393 e. The maximum atomic E-state index is 10.2. The van der Waals surface area contributed by atoms with Gasteiger partial charge in [-0.3, -0.25) is 0 Å². The predicted octanol–water partition coefficient (Wildman–Crippen LogP) is 9.44. The van der Waals surface area contributed by atoms with Crippen molar-refractivity contribution >= 4 is 31.5 Å². The number of unbranched alkanes of at least 4 members (excludes halogenated alkanes) is 10. The van der Waals surface area contributed by atoms with Gasteiger partial charge in [-0.2, -0.15) is 0 Å². The minimum absolute atomic E-state index is 0.0629. The van der Waals surface area contributed by atoms with Crippen molar-refractivity contribution in [1.82, 2.24) is 0 Å². The molecule has 0 bridgehead atoms. The highest BCUT2D eigenvalue weighted by atomic mass is 32.1. The lowest BCUT2D eigenvalue weighted by atomic mass is 9.99. The Hall–Kier alpha value is -1.38. The van der Waals surface area contributed by atoms with Gasteiger partial charge in [0.25, 0.3) is 0 Å². The van der Waals surface area contributed by atoms with Gasteiger partial charge in [0.05, 0.1) is 6.10 Å². The Bertz CT molecular complexity index is 881. The Morgan fingerprint density at radius 3 is 2.03 bits per heavy atom. The molecule has 170 valence electrons. The molecule has 1 heterocycles. The van der Waals surface area contributed by atoms with Crippen molar-refractivity contribution in [3.8, 4) is 0 Å². The second kappa shape index (κ2) is 13.9. The lowest BCUT2D eigenvalue weighted by Crippen LogP contribution is -2.05. The third kappa shape index (κ3) is 7.91. The largest absolute Gasteiger partial charge is 0.393 e. The molecule has 2 aromatic carbocycles. The molecule has 0 amide bonds. The molecule has 1 nitrogen and oxygen atoms in total. The van der Waals surface area contributed by atoms with Crippen LogP contribution in [-0.4, -0.2) is 11.2 Å². The first-order valence-corrected chi connectivity index (χ1v) is 13.7. The van der Waals surface area contributed by atoms with Gasteiger partial charge < -0.3 is 5.11 Å². The molecule has 0 aliphatic carbocycles. The van der Waals surface area contributed by atoms with Crippen LogP contribution in [0.1, 0.15) is 102 Å². The van der Waals surface area contributed by atoms with Crippen LogP contribution in [0.15, 0.2) is 42.5 Å². The van der Waals surface area contributed by atoms with E-state index >= 15 is 0 Å². The Kier molecular flexibility index (Phi) is 10.9. The molecule has 3 rings (SSSR count). The summed E-state index contributed by atoms with van der Waals surface area (Å²) in [5.74, 6) is 0. The number of hydrogen-bond acceptors (Lipinski definition) is 2. The zero-order chi connectivity index (χ0) is 21.7. The van der Waals surface area contributed by atoms with Gasteiger partial charge in [-0.15, -0.1) is 11.3 Å². The van der Waals surface area contributed by atoms with Crippen molar-refractivity contribution in [3.05, 3.63) is 48.0 Å². The number of rotatable bonds is 16. The first-order chi connectivity index (χ1) is 15.3. The van der Waals surface area contributed by atoms with Crippen molar-refractivity contribution in [2.75, 3.05) is 0 Å². The molecular formula is C29H42OS. The summed E-state index contributed by atoms with van der Waals surface area (Å²) >= 11 is 1.92. The Morgan fingerprint density at radius 1 is 0.677 bits per heavy atom. The van der Waals surface area contributed by atoms with Gasteiger partial charge in [-0.25, -0.2) is 0 Å². The number of aliphatic hydroxyl groups excluding tert-OH is 1. The van der Waals surface area contributed by atoms with Crippen LogP contribution in [-0.2, 0) is 6.42 Å². The Labute approximate surface area is 193 Å². The molecule has 1 atom stereocenters. The molecule has 1 aromatic heterocycles. The van der Waals surface area contributed by atoms with E-state index in [0.717, 1.165) is 12.8 Å². The van der Waals surface area contributed by atoms with E-state index in [1.807, 2.05) is 11.3 Å². The minimum atomic E-state index is -0.0629. The molecule has 0 saturated carbocycles. The topological polar surface area (TPSA) is 20.2 Å². The van der Waals surface area contributed by atoms with E-state index in [9.17, 15) is 5.11 Å². The van der Waals surface area contributed by atoms with E-state index in [1.165, 1.54) is 109 Å². The van der Waals surface area contributed by atoms with Gasteiger partial charge in [0.1, 0.15) is 0 Å². The summed E-state index contributed by atoms with van der Waals surface area (Å²) in [6.07, 6.45) is 18.7. The van der Waals surface area contributed by atoms with E-state index in [0.29, 0.717) is 0 Å². The fourth-order valence-electron chi connectivity index (χ4n) is 4.76. The number of fused-ring (bicyclic) bond motifs is 3. The number of aryl methyl sites for hydroxylation is 1. The second-order valence-electron chi connectivity index (χ2n) is 9.26. The molecule has 1 unspecified atom stereocenters. The molecule has 2 heteroatoms. The van der Waals surface area contributed by atoms with Crippen LogP contribution in [0, 0.1) is 0 Å². The summed E-state index contributed by atoms with van der Waals surface area (Å²) in [5, 5.41) is 13.1. The average molecular weight is 439 g/mol. The molecule has 0 spiro atoms. The second-order valence-corrected chi connectivity index (χ2v) is 10.3. The van der Waals surface area contributed by atoms with Gasteiger partial charge in [0.15, 0.2) is 0 Å². The van der Waals surface area contributed by atoms with Crippen LogP contribution in [0.25, 0.3) is 20.2 Å². The van der Waals surface area contributed by atoms with Crippen LogP contribution in [0.5, 0.6) is 0 Å². The molecular weight excluding hydrogens is 396 g/mol. The Balaban J connectivity index is 1.25. The monoisotopic (exact) mass is 438 g/mol. The molecule has 31 heavy (non-hydrogen) atoms. The highest BCUT2D eigenvalue weighted by molar-refractivity contribution is 7.25. The van der Waals surface area contributed by atoms with E-state index < -0.39 is 0 Å². The van der Waals surface area contributed by atoms with Crippen molar-refractivity contribution in [2.45, 2.75) is 109 Å². The van der Waals surface area contributed by atoms with E-state index in [4.69, 9.17) is 0 Å². The first kappa shape index (κ1) is 24.3. The smallest absolute Gasteiger partial charge is 0.0540 e. The fourth-order valence-corrected chi connectivity index (χ4v) is 5.92. The number of aliphatic hydroxyl groups is 1. The van der Waals surface area contributed by atoms with Crippen LogP contribution >= 0.6 is 11.3 Å². The summed E-state index contributed by atoms with van der Waals surface area (Å²) in [7, 11) is 0. The van der Waals surface area contributed by atoms with Gasteiger partial charge >= 0.3 is 0 Å². The maximum Gasteiger partial charge on any atom is 0.0540 e. The average Bonchev–Trinajstić information content (AvgIpc) is 3.17. The molecule has 3 aromatic rings. The summed E-state index contributed by atoms with van der Waals surface area (Å²) in [4.78, 5) is 0. The van der Waals surface area contributed by atoms with Gasteiger partial charge in [-0.05, 0) is 43.4 Å². The predicted molar refractivity (Wildman–Crippen MR) is 139 cm³/mol. The zero-order valence-corrected chi connectivity index (χ0v) is 20.4. The fraction of sp³-hybridized carbons (Fsp3) is 0.586. The van der Waals surface area contributed by atoms with E-state index in [-0.39, 0.29) is 6.10 Å². The third-order valence-corrected chi connectivity index (χ3v) is 7.75. The number of thiophene rings is 1. The van der Waals surface area contributed by atoms with E-state index in [1.54, 1.807) is 0 Å². The molecule has 0 aliphatic rings. The van der Waals surface area contributed by atoms with Crippen molar-refractivity contribution in [1.29, 1.82) is 0 Å². The van der Waals surface area contributed by atoms with Crippen LogP contribution in [0.4, 0.5) is 0 Å². The SMILES string of the molecule is CCCCCCCCC(O)CCCCCCCCc1cccc2sc3ccccc3c12. The standard InChI is InChI=1S/C29H42OS/c1-2-3-4-5-9-12-19-25(30)20-13-10-7-6-8-11-17-24-18-16-23-28-29(24)26-21-14-15-22-27(26)31-28/h14-16,18,21-23,25,30H,2-13,17,19-20H2,1H3. The van der Waals surface area contributed by atoms with Gasteiger partial charge in [-0.1, -0.05) is 108 Å². The summed E-state index contributed by atoms with van der Waals surface area (Å²) in [5.41, 5.74) is 1.52. The van der Waals surface area contributed by atoms with Crippen LogP contribution in [0.2, 0.25) is 0 Å². The first-order valence-electron chi connectivity index (χ1n) is 12.9. The maximum absolute atomic E-state index is 10.2. The highest BCUT2D eigenvalue weighted by Gasteiger charge is 2.08. The number of hydrogen-bond donors (Lipinski definition) is 1. The van der Waals surface area contributed by atoms with Crippen molar-refractivity contribution < 1.29 is 5.11 Å². The van der Waals surface area contributed by atoms with Gasteiger partial charge in [0.2, 0.25) is 0 Å². The molecule has 0 saturated heterocycles. The van der Waals surface area contributed by atoms with Crippen molar-refractivity contribution in [3.63, 3.8) is 0 Å². The van der Waals surface area contributed by atoms with Crippen molar-refractivity contribution in [2.24, 2.45) is 0 Å². The number of benzene rings is 2. The van der Waals surface area contributed by atoms with Crippen LogP contribution < -0.4 is 0 Å². The third-order valence-electron chi connectivity index (χ3n) is 6.61. The lowest BCUT2D eigenvalue weighted by molar-refractivity contribution is 0.147. The molecule has 0 radical (unpaired) electrons. The summed E-state index contributed by atoms with van der Waals surface area (Å²) in [6, 6.07) is 15.6.